The number of nitrogens with two attached hydrogens (primary N) is 1. The molecule has 1 aromatic carbocycles. The van der Waals surface area contributed by atoms with Gasteiger partial charge >= 0.3 is 0 Å². The number of anilines is 2. The Morgan fingerprint density at radius 2 is 2.17 bits per heavy atom. The molecule has 0 atom stereocenters. The molecular formula is C10H14N2. The van der Waals surface area contributed by atoms with E-state index in [2.05, 4.69) is 17.4 Å². The van der Waals surface area contributed by atoms with Crippen molar-refractivity contribution in [3.63, 3.8) is 0 Å². The molecule has 0 aromatic heterocycles. The Labute approximate surface area is 72.8 Å². The first-order valence-electron chi connectivity index (χ1n) is 4.48. The molecule has 0 radical (unpaired) electrons. The van der Waals surface area contributed by atoms with E-state index in [0.29, 0.717) is 0 Å². The molecule has 12 heavy (non-hydrogen) atoms. The molecule has 1 aliphatic rings. The lowest BCUT2D eigenvalue weighted by molar-refractivity contribution is 0.786. The average molecular weight is 162 g/mol. The molecule has 0 unspecified atom stereocenters. The fourth-order valence-corrected chi connectivity index (χ4v) is 1.66. The highest BCUT2D eigenvalue weighted by molar-refractivity contribution is 5.58. The molecule has 0 aliphatic carbocycles. The standard InChI is InChI=1S/C10H14N2/c11-9-4-5-10-8(7-9)3-1-2-6-12-10/h4-5,7,12H,1-3,6,11H2. The van der Waals surface area contributed by atoms with Gasteiger partial charge in [-0.1, -0.05) is 0 Å². The topological polar surface area (TPSA) is 38.0 Å². The zero-order chi connectivity index (χ0) is 8.39. The first-order valence-corrected chi connectivity index (χ1v) is 4.48. The van der Waals surface area contributed by atoms with Gasteiger partial charge in [0.2, 0.25) is 0 Å². The molecule has 1 heterocycles. The lowest BCUT2D eigenvalue weighted by Gasteiger charge is -2.07. The molecule has 0 spiro atoms. The van der Waals surface area contributed by atoms with Crippen LogP contribution in [0.1, 0.15) is 18.4 Å². The highest BCUT2D eigenvalue weighted by Gasteiger charge is 2.05. The van der Waals surface area contributed by atoms with Crippen LogP contribution in [-0.4, -0.2) is 6.54 Å². The summed E-state index contributed by atoms with van der Waals surface area (Å²) in [7, 11) is 0. The van der Waals surface area contributed by atoms with Crippen LogP contribution in [0, 0.1) is 0 Å². The van der Waals surface area contributed by atoms with Crippen molar-refractivity contribution >= 4 is 11.4 Å². The predicted octanol–water partition coefficient (Wildman–Crippen LogP) is 2.02. The van der Waals surface area contributed by atoms with E-state index < -0.39 is 0 Å². The number of aryl methyl sites for hydroxylation is 1. The van der Waals surface area contributed by atoms with Crippen molar-refractivity contribution in [1.29, 1.82) is 0 Å². The van der Waals surface area contributed by atoms with E-state index in [0.717, 1.165) is 18.7 Å². The second-order valence-corrected chi connectivity index (χ2v) is 3.30. The summed E-state index contributed by atoms with van der Waals surface area (Å²) in [5, 5.41) is 3.40. The van der Waals surface area contributed by atoms with Crippen LogP contribution < -0.4 is 11.1 Å². The summed E-state index contributed by atoms with van der Waals surface area (Å²) in [4.78, 5) is 0. The second kappa shape index (κ2) is 3.05. The monoisotopic (exact) mass is 162 g/mol. The largest absolute Gasteiger partial charge is 0.399 e. The molecule has 2 heteroatoms. The quantitative estimate of drug-likeness (QED) is 0.573. The highest BCUT2D eigenvalue weighted by Crippen LogP contribution is 2.23. The molecule has 2 rings (SSSR count). The van der Waals surface area contributed by atoms with Gasteiger partial charge in [0.15, 0.2) is 0 Å². The van der Waals surface area contributed by atoms with Crippen LogP contribution in [0.25, 0.3) is 0 Å². The van der Waals surface area contributed by atoms with Gasteiger partial charge in [-0.05, 0) is 43.0 Å². The van der Waals surface area contributed by atoms with Crippen molar-refractivity contribution in [2.24, 2.45) is 0 Å². The van der Waals surface area contributed by atoms with Crippen molar-refractivity contribution < 1.29 is 0 Å². The van der Waals surface area contributed by atoms with Gasteiger partial charge in [0.25, 0.3) is 0 Å². The lowest BCUT2D eigenvalue weighted by atomic mass is 10.1. The Balaban J connectivity index is 2.36. The Kier molecular flexibility index (Phi) is 1.90. The number of hydrogen-bond donors (Lipinski definition) is 2. The third-order valence-electron chi connectivity index (χ3n) is 2.32. The molecular weight excluding hydrogens is 148 g/mol. The molecule has 2 nitrogen and oxygen atoms in total. The fraction of sp³-hybridized carbons (Fsp3) is 0.400. The summed E-state index contributed by atoms with van der Waals surface area (Å²) in [6.45, 7) is 1.09. The Morgan fingerprint density at radius 3 is 3.08 bits per heavy atom. The minimum atomic E-state index is 0.873. The van der Waals surface area contributed by atoms with E-state index in [-0.39, 0.29) is 0 Å². The Morgan fingerprint density at radius 1 is 1.25 bits per heavy atom. The average Bonchev–Trinajstić information content (AvgIpc) is 2.28. The zero-order valence-corrected chi connectivity index (χ0v) is 7.14. The maximum Gasteiger partial charge on any atom is 0.0374 e. The van der Waals surface area contributed by atoms with Gasteiger partial charge in [-0.25, -0.2) is 0 Å². The molecule has 64 valence electrons. The number of benzene rings is 1. The van der Waals surface area contributed by atoms with Crippen LogP contribution in [0.3, 0.4) is 0 Å². The number of rotatable bonds is 0. The minimum absolute atomic E-state index is 0.873. The summed E-state index contributed by atoms with van der Waals surface area (Å²) in [5.41, 5.74) is 9.21. The molecule has 1 aliphatic heterocycles. The first kappa shape index (κ1) is 7.47. The molecule has 3 N–H and O–H groups in total. The number of hydrogen-bond acceptors (Lipinski definition) is 2. The van der Waals surface area contributed by atoms with Crippen LogP contribution in [0.15, 0.2) is 18.2 Å². The Hall–Kier alpha value is -1.18. The summed E-state index contributed by atoms with van der Waals surface area (Å²) in [5.74, 6) is 0. The maximum absolute atomic E-state index is 5.71. The minimum Gasteiger partial charge on any atom is -0.399 e. The van der Waals surface area contributed by atoms with Crippen LogP contribution in [-0.2, 0) is 6.42 Å². The van der Waals surface area contributed by atoms with E-state index in [4.69, 9.17) is 5.73 Å². The smallest absolute Gasteiger partial charge is 0.0374 e. The molecule has 1 aromatic rings. The molecule has 0 amide bonds. The molecule has 0 saturated heterocycles. The van der Waals surface area contributed by atoms with E-state index >= 15 is 0 Å². The second-order valence-electron chi connectivity index (χ2n) is 3.30. The van der Waals surface area contributed by atoms with Crippen LogP contribution >= 0.6 is 0 Å². The third kappa shape index (κ3) is 1.37. The Bertz CT molecular complexity index is 281. The van der Waals surface area contributed by atoms with Gasteiger partial charge in [0.05, 0.1) is 0 Å². The van der Waals surface area contributed by atoms with Crippen LogP contribution in [0.2, 0.25) is 0 Å². The van der Waals surface area contributed by atoms with Gasteiger partial charge in [0.1, 0.15) is 0 Å². The molecule has 0 saturated carbocycles. The summed E-state index contributed by atoms with van der Waals surface area (Å²) >= 11 is 0. The summed E-state index contributed by atoms with van der Waals surface area (Å²) in [6, 6.07) is 6.11. The van der Waals surface area contributed by atoms with Crippen LogP contribution in [0.4, 0.5) is 11.4 Å². The van der Waals surface area contributed by atoms with Crippen molar-refractivity contribution in [3.8, 4) is 0 Å². The third-order valence-corrected chi connectivity index (χ3v) is 2.32. The number of nitrogen functional groups attached to an aromatic ring is 1. The van der Waals surface area contributed by atoms with E-state index in [1.54, 1.807) is 0 Å². The van der Waals surface area contributed by atoms with Crippen molar-refractivity contribution in [2.75, 3.05) is 17.6 Å². The van der Waals surface area contributed by atoms with E-state index in [1.807, 2.05) is 6.07 Å². The van der Waals surface area contributed by atoms with Crippen molar-refractivity contribution in [3.05, 3.63) is 23.8 Å². The summed E-state index contributed by atoms with van der Waals surface area (Å²) < 4.78 is 0. The van der Waals surface area contributed by atoms with Gasteiger partial charge in [-0.15, -0.1) is 0 Å². The maximum atomic E-state index is 5.71. The van der Waals surface area contributed by atoms with Crippen LogP contribution in [0.5, 0.6) is 0 Å². The predicted molar refractivity (Wildman–Crippen MR) is 52.3 cm³/mol. The van der Waals surface area contributed by atoms with Gasteiger partial charge in [-0.3, -0.25) is 0 Å². The SMILES string of the molecule is Nc1ccc2c(c1)CCCCN2. The fourth-order valence-electron chi connectivity index (χ4n) is 1.66. The van der Waals surface area contributed by atoms with Gasteiger partial charge in [-0.2, -0.15) is 0 Å². The zero-order valence-electron chi connectivity index (χ0n) is 7.14. The van der Waals surface area contributed by atoms with E-state index in [9.17, 15) is 0 Å². The van der Waals surface area contributed by atoms with E-state index in [1.165, 1.54) is 24.1 Å². The van der Waals surface area contributed by atoms with Crippen molar-refractivity contribution in [1.82, 2.24) is 0 Å². The molecule has 0 bridgehead atoms. The van der Waals surface area contributed by atoms with Crippen molar-refractivity contribution in [2.45, 2.75) is 19.3 Å². The number of fused-ring (bicyclic) bond motifs is 1. The van der Waals surface area contributed by atoms with Gasteiger partial charge < -0.3 is 11.1 Å². The lowest BCUT2D eigenvalue weighted by Crippen LogP contribution is -1.99. The summed E-state index contributed by atoms with van der Waals surface area (Å²) in [6.07, 6.45) is 3.69. The van der Waals surface area contributed by atoms with Gasteiger partial charge in [0, 0.05) is 17.9 Å². The number of nitrogens with one attached hydrogen (secondary N) is 1. The first-order chi connectivity index (χ1) is 5.86. The normalized spacial score (nSPS) is 16.0. The highest BCUT2D eigenvalue weighted by atomic mass is 14.9. The molecule has 0 fully saturated rings.